The van der Waals surface area contributed by atoms with E-state index in [1.54, 1.807) is 10.9 Å². The fourth-order valence-electron chi connectivity index (χ4n) is 2.04. The van der Waals surface area contributed by atoms with Crippen molar-refractivity contribution < 1.29 is 0 Å². The van der Waals surface area contributed by atoms with E-state index >= 15 is 0 Å². The number of rotatable bonds is 3. The van der Waals surface area contributed by atoms with Crippen LogP contribution in [0.15, 0.2) is 41.5 Å². The molecule has 1 aromatic carbocycles. The molecule has 4 nitrogen and oxygen atoms in total. The van der Waals surface area contributed by atoms with E-state index in [1.165, 1.54) is 0 Å². The van der Waals surface area contributed by atoms with E-state index in [4.69, 9.17) is 0 Å². The average Bonchev–Trinajstić information content (AvgIpc) is 2.41. The molecule has 0 unspecified atom stereocenters. The lowest BCUT2D eigenvalue weighted by atomic mass is 10.2. The van der Waals surface area contributed by atoms with Crippen molar-refractivity contribution in [2.75, 3.05) is 11.9 Å². The lowest BCUT2D eigenvalue weighted by Crippen LogP contribution is -2.27. The van der Waals surface area contributed by atoms with E-state index in [9.17, 15) is 4.79 Å². The van der Waals surface area contributed by atoms with Gasteiger partial charge in [0, 0.05) is 18.8 Å². The minimum absolute atomic E-state index is 0.0165. The number of anilines is 2. The molecule has 0 aliphatic rings. The van der Waals surface area contributed by atoms with Gasteiger partial charge in [-0.15, -0.1) is 0 Å². The Morgan fingerprint density at radius 2 is 1.84 bits per heavy atom. The first kappa shape index (κ1) is 13.3. The highest BCUT2D eigenvalue weighted by atomic mass is 16.1. The molecular weight excluding hydrogens is 238 g/mol. The Morgan fingerprint density at radius 1 is 1.21 bits per heavy atom. The quantitative estimate of drug-likeness (QED) is 0.848. The second kappa shape index (κ2) is 5.26. The van der Waals surface area contributed by atoms with Crippen LogP contribution in [-0.4, -0.2) is 16.6 Å². The highest BCUT2D eigenvalue weighted by molar-refractivity contribution is 5.61. The molecular formula is C15H19N3O. The first-order valence-corrected chi connectivity index (χ1v) is 6.39. The normalized spacial score (nSPS) is 10.8. The van der Waals surface area contributed by atoms with Gasteiger partial charge in [0.15, 0.2) is 0 Å². The summed E-state index contributed by atoms with van der Waals surface area (Å²) in [5.41, 5.74) is 1.70. The maximum atomic E-state index is 12.3. The molecule has 100 valence electrons. The smallest absolute Gasteiger partial charge is 0.258 e. The van der Waals surface area contributed by atoms with E-state index in [0.29, 0.717) is 11.4 Å². The van der Waals surface area contributed by atoms with Crippen LogP contribution in [0.3, 0.4) is 0 Å². The summed E-state index contributed by atoms with van der Waals surface area (Å²) in [6, 6.07) is 10.0. The lowest BCUT2D eigenvalue weighted by Gasteiger charge is -2.21. The van der Waals surface area contributed by atoms with Crippen molar-refractivity contribution in [2.24, 2.45) is 0 Å². The van der Waals surface area contributed by atoms with E-state index in [1.807, 2.05) is 63.1 Å². The molecule has 0 amide bonds. The van der Waals surface area contributed by atoms with E-state index in [2.05, 4.69) is 4.98 Å². The topological polar surface area (TPSA) is 38.1 Å². The molecule has 1 heterocycles. The van der Waals surface area contributed by atoms with Crippen molar-refractivity contribution >= 4 is 11.5 Å². The molecule has 0 aliphatic carbocycles. The van der Waals surface area contributed by atoms with E-state index in [-0.39, 0.29) is 11.6 Å². The summed E-state index contributed by atoms with van der Waals surface area (Å²) in [5.74, 6) is 0.702. The van der Waals surface area contributed by atoms with E-state index < -0.39 is 0 Å². The summed E-state index contributed by atoms with van der Waals surface area (Å²) in [5, 5.41) is 0. The zero-order valence-corrected chi connectivity index (χ0v) is 11.8. The largest absolute Gasteiger partial charge is 0.329 e. The van der Waals surface area contributed by atoms with Gasteiger partial charge in [-0.3, -0.25) is 9.36 Å². The number of para-hydroxylation sites is 1. The van der Waals surface area contributed by atoms with Gasteiger partial charge in [-0.25, -0.2) is 4.98 Å². The van der Waals surface area contributed by atoms with Gasteiger partial charge in [0.05, 0.1) is 5.56 Å². The minimum atomic E-state index is 0.0165. The molecule has 0 fully saturated rings. The average molecular weight is 257 g/mol. The van der Waals surface area contributed by atoms with Gasteiger partial charge in [-0.2, -0.15) is 0 Å². The summed E-state index contributed by atoms with van der Waals surface area (Å²) < 4.78 is 1.65. The third-order valence-corrected chi connectivity index (χ3v) is 3.21. The van der Waals surface area contributed by atoms with Crippen LogP contribution < -0.4 is 10.5 Å². The number of nitrogens with zero attached hydrogens (tertiary/aromatic N) is 3. The maximum Gasteiger partial charge on any atom is 0.258 e. The van der Waals surface area contributed by atoms with Crippen LogP contribution in [0.5, 0.6) is 0 Å². The molecule has 2 rings (SSSR count). The molecule has 0 saturated heterocycles. The highest BCUT2D eigenvalue weighted by Crippen LogP contribution is 2.22. The van der Waals surface area contributed by atoms with Crippen molar-refractivity contribution in [3.8, 4) is 0 Å². The van der Waals surface area contributed by atoms with Gasteiger partial charge in [0.1, 0.15) is 12.1 Å². The van der Waals surface area contributed by atoms with Crippen LogP contribution in [0.2, 0.25) is 0 Å². The zero-order valence-electron chi connectivity index (χ0n) is 11.8. The van der Waals surface area contributed by atoms with Crippen LogP contribution in [0, 0.1) is 6.92 Å². The van der Waals surface area contributed by atoms with Crippen LogP contribution in [0.1, 0.15) is 25.5 Å². The number of benzene rings is 1. The fourth-order valence-corrected chi connectivity index (χ4v) is 2.04. The summed E-state index contributed by atoms with van der Waals surface area (Å²) in [6.45, 7) is 5.77. The Balaban J connectivity index is 2.48. The summed E-state index contributed by atoms with van der Waals surface area (Å²) >= 11 is 0. The van der Waals surface area contributed by atoms with Gasteiger partial charge >= 0.3 is 0 Å². The van der Waals surface area contributed by atoms with Crippen molar-refractivity contribution in [1.29, 1.82) is 0 Å². The maximum absolute atomic E-state index is 12.3. The van der Waals surface area contributed by atoms with Crippen LogP contribution >= 0.6 is 0 Å². The van der Waals surface area contributed by atoms with Crippen molar-refractivity contribution in [2.45, 2.75) is 26.8 Å². The molecule has 0 saturated carbocycles. The Kier molecular flexibility index (Phi) is 3.69. The first-order valence-electron chi connectivity index (χ1n) is 6.39. The third kappa shape index (κ3) is 2.52. The number of aromatic nitrogens is 2. The molecule has 0 radical (unpaired) electrons. The Bertz CT molecular complexity index is 617. The fraction of sp³-hybridized carbons (Fsp3) is 0.333. The van der Waals surface area contributed by atoms with Crippen molar-refractivity contribution in [1.82, 2.24) is 9.55 Å². The van der Waals surface area contributed by atoms with E-state index in [0.717, 1.165) is 5.69 Å². The second-order valence-corrected chi connectivity index (χ2v) is 4.89. The van der Waals surface area contributed by atoms with Gasteiger partial charge in [0.25, 0.3) is 5.56 Å². The predicted molar refractivity (Wildman–Crippen MR) is 78.1 cm³/mol. The summed E-state index contributed by atoms with van der Waals surface area (Å²) in [7, 11) is 1.92. The zero-order chi connectivity index (χ0) is 14.0. The van der Waals surface area contributed by atoms with Crippen LogP contribution in [0.4, 0.5) is 11.5 Å². The first-order chi connectivity index (χ1) is 9.02. The van der Waals surface area contributed by atoms with Crippen LogP contribution in [0.25, 0.3) is 0 Å². The Morgan fingerprint density at radius 3 is 2.42 bits per heavy atom. The third-order valence-electron chi connectivity index (χ3n) is 3.21. The molecule has 0 aliphatic heterocycles. The summed E-state index contributed by atoms with van der Waals surface area (Å²) in [4.78, 5) is 18.6. The van der Waals surface area contributed by atoms with Gasteiger partial charge in [-0.1, -0.05) is 18.2 Å². The molecule has 4 heteroatoms. The molecule has 19 heavy (non-hydrogen) atoms. The molecule has 0 N–H and O–H groups in total. The summed E-state index contributed by atoms with van der Waals surface area (Å²) in [6.07, 6.45) is 1.62. The molecule has 0 spiro atoms. The standard InChI is InChI=1S/C15H19N3O/c1-11(2)18-10-16-14(12(3)15(18)19)17(4)13-8-6-5-7-9-13/h5-11H,1-4H3. The number of hydrogen-bond donors (Lipinski definition) is 0. The number of hydrogen-bond acceptors (Lipinski definition) is 3. The van der Waals surface area contributed by atoms with Crippen molar-refractivity contribution in [3.05, 3.63) is 52.6 Å². The minimum Gasteiger partial charge on any atom is -0.329 e. The monoisotopic (exact) mass is 257 g/mol. The second-order valence-electron chi connectivity index (χ2n) is 4.89. The Hall–Kier alpha value is -2.10. The van der Waals surface area contributed by atoms with Gasteiger partial charge in [-0.05, 0) is 32.9 Å². The molecule has 0 atom stereocenters. The highest BCUT2D eigenvalue weighted by Gasteiger charge is 2.13. The Labute approximate surface area is 113 Å². The lowest BCUT2D eigenvalue weighted by molar-refractivity contribution is 0.564. The SMILES string of the molecule is Cc1c(N(C)c2ccccc2)ncn(C(C)C)c1=O. The molecule has 0 bridgehead atoms. The molecule has 1 aromatic heterocycles. The van der Waals surface area contributed by atoms with Gasteiger partial charge in [0.2, 0.25) is 0 Å². The predicted octanol–water partition coefficient (Wildman–Crippen LogP) is 2.90. The van der Waals surface area contributed by atoms with Crippen LogP contribution in [-0.2, 0) is 0 Å². The molecule has 2 aromatic rings. The van der Waals surface area contributed by atoms with Crippen molar-refractivity contribution in [3.63, 3.8) is 0 Å². The van der Waals surface area contributed by atoms with Gasteiger partial charge < -0.3 is 4.90 Å².